The van der Waals surface area contributed by atoms with Crippen molar-refractivity contribution in [1.29, 1.82) is 0 Å². The number of imide groups is 1. The van der Waals surface area contributed by atoms with Crippen molar-refractivity contribution in [2.24, 2.45) is 0 Å². The molecular formula is C16H9NO6. The van der Waals surface area contributed by atoms with Crippen molar-refractivity contribution in [3.8, 4) is 0 Å². The molecule has 1 heterocycles. The van der Waals surface area contributed by atoms with Gasteiger partial charge in [-0.05, 0) is 30.3 Å². The maximum absolute atomic E-state index is 12.3. The number of aromatic carboxylic acids is 2. The van der Waals surface area contributed by atoms with Crippen LogP contribution >= 0.6 is 0 Å². The molecule has 2 amide bonds. The van der Waals surface area contributed by atoms with Crippen LogP contribution in [0.5, 0.6) is 0 Å². The highest BCUT2D eigenvalue weighted by molar-refractivity contribution is 6.34. The molecule has 0 unspecified atom stereocenters. The van der Waals surface area contributed by atoms with Gasteiger partial charge in [-0.2, -0.15) is 0 Å². The molecule has 2 aromatic carbocycles. The Morgan fingerprint density at radius 1 is 0.783 bits per heavy atom. The maximum Gasteiger partial charge on any atom is 0.336 e. The van der Waals surface area contributed by atoms with Crippen LogP contribution in [0.2, 0.25) is 0 Å². The average Bonchev–Trinajstić information content (AvgIpc) is 2.78. The molecule has 23 heavy (non-hydrogen) atoms. The Morgan fingerprint density at radius 3 is 1.78 bits per heavy atom. The second kappa shape index (κ2) is 5.06. The number of carbonyl (C=O) groups excluding carboxylic acids is 2. The molecule has 0 spiro atoms. The van der Waals surface area contributed by atoms with Crippen molar-refractivity contribution in [1.82, 2.24) is 0 Å². The Morgan fingerprint density at radius 2 is 1.30 bits per heavy atom. The third-order valence-electron chi connectivity index (χ3n) is 3.52. The Kier molecular flexibility index (Phi) is 3.18. The summed E-state index contributed by atoms with van der Waals surface area (Å²) in [7, 11) is 0. The number of anilines is 1. The molecule has 0 radical (unpaired) electrons. The molecule has 0 atom stereocenters. The second-order valence-corrected chi connectivity index (χ2v) is 4.83. The van der Waals surface area contributed by atoms with E-state index in [1.54, 1.807) is 12.1 Å². The summed E-state index contributed by atoms with van der Waals surface area (Å²) in [6.07, 6.45) is 0. The van der Waals surface area contributed by atoms with Crippen molar-refractivity contribution in [2.45, 2.75) is 0 Å². The summed E-state index contributed by atoms with van der Waals surface area (Å²) < 4.78 is 0. The van der Waals surface area contributed by atoms with Gasteiger partial charge < -0.3 is 10.2 Å². The molecule has 7 nitrogen and oxygen atoms in total. The van der Waals surface area contributed by atoms with Gasteiger partial charge in [0.1, 0.15) is 0 Å². The summed E-state index contributed by atoms with van der Waals surface area (Å²) in [5, 5.41) is 18.1. The number of amides is 2. The van der Waals surface area contributed by atoms with E-state index in [0.29, 0.717) is 0 Å². The van der Waals surface area contributed by atoms with Crippen LogP contribution in [-0.4, -0.2) is 34.0 Å². The van der Waals surface area contributed by atoms with E-state index < -0.39 is 34.9 Å². The molecule has 0 saturated heterocycles. The molecule has 7 heteroatoms. The summed E-state index contributed by atoms with van der Waals surface area (Å²) in [6.45, 7) is 0. The van der Waals surface area contributed by atoms with Crippen LogP contribution in [0.15, 0.2) is 42.5 Å². The van der Waals surface area contributed by atoms with E-state index >= 15 is 0 Å². The van der Waals surface area contributed by atoms with Gasteiger partial charge in [0.15, 0.2) is 0 Å². The smallest absolute Gasteiger partial charge is 0.336 e. The van der Waals surface area contributed by atoms with E-state index in [-0.39, 0.29) is 16.8 Å². The Hall–Kier alpha value is -3.48. The van der Waals surface area contributed by atoms with Crippen LogP contribution in [-0.2, 0) is 0 Å². The van der Waals surface area contributed by atoms with Gasteiger partial charge in [-0.15, -0.1) is 0 Å². The molecule has 0 saturated carbocycles. The fraction of sp³-hybridized carbons (Fsp3) is 0. The van der Waals surface area contributed by atoms with E-state index in [2.05, 4.69) is 0 Å². The molecule has 1 aliphatic heterocycles. The zero-order chi connectivity index (χ0) is 16.7. The fourth-order valence-corrected chi connectivity index (χ4v) is 2.46. The molecule has 114 valence electrons. The van der Waals surface area contributed by atoms with E-state index in [9.17, 15) is 19.2 Å². The fourth-order valence-electron chi connectivity index (χ4n) is 2.46. The third-order valence-corrected chi connectivity index (χ3v) is 3.52. The van der Waals surface area contributed by atoms with E-state index in [1.165, 1.54) is 18.2 Å². The summed E-state index contributed by atoms with van der Waals surface area (Å²) in [4.78, 5) is 47.8. The first-order chi connectivity index (χ1) is 10.9. The predicted octanol–water partition coefficient (Wildman–Crippen LogP) is 1.88. The van der Waals surface area contributed by atoms with Crippen molar-refractivity contribution in [3.63, 3.8) is 0 Å². The summed E-state index contributed by atoms with van der Waals surface area (Å²) in [5.74, 6) is -4.02. The van der Waals surface area contributed by atoms with Gasteiger partial charge in [0, 0.05) is 0 Å². The van der Waals surface area contributed by atoms with E-state index in [4.69, 9.17) is 10.2 Å². The first-order valence-electron chi connectivity index (χ1n) is 6.50. The van der Waals surface area contributed by atoms with Gasteiger partial charge in [-0.1, -0.05) is 12.1 Å². The van der Waals surface area contributed by atoms with Crippen molar-refractivity contribution in [2.75, 3.05) is 4.90 Å². The topological polar surface area (TPSA) is 112 Å². The molecular weight excluding hydrogens is 302 g/mol. The summed E-state index contributed by atoms with van der Waals surface area (Å²) >= 11 is 0. The lowest BCUT2D eigenvalue weighted by molar-refractivity contribution is 0.0651. The van der Waals surface area contributed by atoms with Crippen LogP contribution in [0.1, 0.15) is 41.4 Å². The van der Waals surface area contributed by atoms with Crippen LogP contribution in [0.25, 0.3) is 0 Å². The average molecular weight is 311 g/mol. The molecule has 0 bridgehead atoms. The van der Waals surface area contributed by atoms with Crippen molar-refractivity contribution in [3.05, 3.63) is 64.7 Å². The highest BCUT2D eigenvalue weighted by Crippen LogP contribution is 2.29. The lowest BCUT2D eigenvalue weighted by atomic mass is 10.1. The van der Waals surface area contributed by atoms with Gasteiger partial charge in [-0.3, -0.25) is 9.59 Å². The minimum absolute atomic E-state index is 0.0126. The number of nitrogens with zero attached hydrogens (tertiary/aromatic N) is 1. The maximum atomic E-state index is 12.3. The lowest BCUT2D eigenvalue weighted by Gasteiger charge is -2.15. The zero-order valence-corrected chi connectivity index (χ0v) is 11.5. The Labute approximate surface area is 129 Å². The largest absolute Gasteiger partial charge is 0.478 e. The van der Waals surface area contributed by atoms with Crippen LogP contribution in [0.4, 0.5) is 5.69 Å². The number of fused-ring (bicyclic) bond motifs is 1. The molecule has 3 rings (SSSR count). The number of rotatable bonds is 3. The third kappa shape index (κ3) is 2.15. The van der Waals surface area contributed by atoms with Crippen molar-refractivity contribution >= 4 is 29.4 Å². The minimum Gasteiger partial charge on any atom is -0.478 e. The summed E-state index contributed by atoms with van der Waals surface area (Å²) in [6, 6.07) is 9.53. The summed E-state index contributed by atoms with van der Waals surface area (Å²) in [5.41, 5.74) is -0.462. The van der Waals surface area contributed by atoms with Gasteiger partial charge in [0.05, 0.1) is 27.9 Å². The Bertz CT molecular complexity index is 851. The highest BCUT2D eigenvalue weighted by Gasteiger charge is 2.36. The van der Waals surface area contributed by atoms with Crippen LogP contribution < -0.4 is 4.90 Å². The van der Waals surface area contributed by atoms with E-state index in [0.717, 1.165) is 17.0 Å². The zero-order valence-electron chi connectivity index (χ0n) is 11.5. The molecule has 0 aliphatic carbocycles. The number of hydrogen-bond donors (Lipinski definition) is 2. The molecule has 1 aliphatic rings. The second-order valence-electron chi connectivity index (χ2n) is 4.83. The van der Waals surface area contributed by atoms with Gasteiger partial charge in [-0.25, -0.2) is 14.5 Å². The minimum atomic E-state index is -1.46. The molecule has 2 N–H and O–H groups in total. The van der Waals surface area contributed by atoms with Gasteiger partial charge in [0.25, 0.3) is 11.8 Å². The number of carboxylic acids is 2. The quantitative estimate of drug-likeness (QED) is 0.837. The number of hydrogen-bond acceptors (Lipinski definition) is 4. The monoisotopic (exact) mass is 311 g/mol. The van der Waals surface area contributed by atoms with Crippen LogP contribution in [0.3, 0.4) is 0 Å². The van der Waals surface area contributed by atoms with E-state index in [1.807, 2.05) is 0 Å². The normalized spacial score (nSPS) is 13.1. The number of carboxylic acid groups (broad SMARTS) is 2. The lowest BCUT2D eigenvalue weighted by Crippen LogP contribution is -2.29. The Balaban J connectivity index is 2.12. The molecule has 2 aromatic rings. The first kappa shape index (κ1) is 14.5. The SMILES string of the molecule is O=C(O)c1ccc(N2C(=O)c3ccccc3C2=O)cc1C(=O)O. The molecule has 0 aromatic heterocycles. The van der Waals surface area contributed by atoms with Gasteiger partial charge >= 0.3 is 11.9 Å². The number of carbonyl (C=O) groups is 4. The predicted molar refractivity (Wildman–Crippen MR) is 77.9 cm³/mol. The van der Waals surface area contributed by atoms with Crippen molar-refractivity contribution < 1.29 is 29.4 Å². The van der Waals surface area contributed by atoms with Gasteiger partial charge in [0.2, 0.25) is 0 Å². The molecule has 0 fully saturated rings. The highest BCUT2D eigenvalue weighted by atomic mass is 16.4. The number of benzene rings is 2. The van der Waals surface area contributed by atoms with Crippen LogP contribution in [0, 0.1) is 0 Å². The standard InChI is InChI=1S/C16H9NO6/c18-13-9-3-1-2-4-10(9)14(19)17(13)8-5-6-11(15(20)21)12(7-8)16(22)23/h1-7H,(H,20,21)(H,22,23). The first-order valence-corrected chi connectivity index (χ1v) is 6.50.